The largest absolute Gasteiger partial charge is 0.265 e. The van der Waals surface area contributed by atoms with Gasteiger partial charge in [-0.3, -0.25) is 4.31 Å². The molecule has 0 saturated heterocycles. The predicted molar refractivity (Wildman–Crippen MR) is 102 cm³/mol. The highest BCUT2D eigenvalue weighted by atomic mass is 32.2. The first-order valence-electron chi connectivity index (χ1n) is 8.32. The van der Waals surface area contributed by atoms with Gasteiger partial charge in [0.2, 0.25) is 0 Å². The summed E-state index contributed by atoms with van der Waals surface area (Å²) in [6.45, 7) is 2.03. The maximum atomic E-state index is 13.1. The van der Waals surface area contributed by atoms with Crippen LogP contribution in [0.25, 0.3) is 21.8 Å². The number of sulfonamides is 1. The second-order valence-corrected chi connectivity index (χ2v) is 8.22. The summed E-state index contributed by atoms with van der Waals surface area (Å²) in [5.41, 5.74) is 3.68. The van der Waals surface area contributed by atoms with Gasteiger partial charge in [0.15, 0.2) is 0 Å². The van der Waals surface area contributed by atoms with Crippen LogP contribution in [-0.2, 0) is 16.6 Å². The Morgan fingerprint density at radius 2 is 1.58 bits per heavy atom. The first-order chi connectivity index (χ1) is 12.6. The van der Waals surface area contributed by atoms with Crippen molar-refractivity contribution in [1.29, 1.82) is 0 Å². The quantitative estimate of drug-likeness (QED) is 0.545. The van der Waals surface area contributed by atoms with E-state index < -0.39 is 10.0 Å². The van der Waals surface area contributed by atoms with E-state index in [-0.39, 0.29) is 6.54 Å². The van der Waals surface area contributed by atoms with Gasteiger partial charge in [-0.1, -0.05) is 36.4 Å². The van der Waals surface area contributed by atoms with Crippen molar-refractivity contribution >= 4 is 37.5 Å². The van der Waals surface area contributed by atoms with Crippen molar-refractivity contribution in [3.8, 4) is 0 Å². The summed E-state index contributed by atoms with van der Waals surface area (Å²) < 4.78 is 27.7. The zero-order valence-electron chi connectivity index (χ0n) is 14.0. The molecular formula is C20H15N3O2S. The minimum absolute atomic E-state index is 0.166. The summed E-state index contributed by atoms with van der Waals surface area (Å²) in [7, 11) is -3.60. The van der Waals surface area contributed by atoms with E-state index in [9.17, 15) is 8.42 Å². The minimum atomic E-state index is -3.60. The third kappa shape index (κ3) is 2.05. The van der Waals surface area contributed by atoms with Gasteiger partial charge < -0.3 is 0 Å². The molecule has 5 nitrogen and oxygen atoms in total. The van der Waals surface area contributed by atoms with E-state index in [1.165, 1.54) is 4.31 Å². The third-order valence-corrected chi connectivity index (χ3v) is 6.62. The molecule has 1 aliphatic heterocycles. The average molecular weight is 361 g/mol. The van der Waals surface area contributed by atoms with Gasteiger partial charge in [-0.05, 0) is 36.6 Å². The van der Waals surface area contributed by atoms with Crippen LogP contribution in [0.1, 0.15) is 11.4 Å². The van der Waals surface area contributed by atoms with Crippen molar-refractivity contribution in [1.82, 2.24) is 9.97 Å². The first kappa shape index (κ1) is 15.3. The van der Waals surface area contributed by atoms with Crippen LogP contribution in [0.4, 0.5) is 5.69 Å². The molecule has 4 aromatic rings. The third-order valence-electron chi connectivity index (χ3n) is 4.82. The Bertz CT molecular complexity index is 1290. The maximum Gasteiger partial charge on any atom is 0.265 e. The van der Waals surface area contributed by atoms with Gasteiger partial charge in [-0.2, -0.15) is 0 Å². The van der Waals surface area contributed by atoms with Gasteiger partial charge in [0, 0.05) is 5.39 Å². The highest BCUT2D eigenvalue weighted by Crippen LogP contribution is 2.42. The molecule has 0 amide bonds. The molecule has 3 aromatic carbocycles. The molecule has 6 heteroatoms. The molecule has 0 spiro atoms. The van der Waals surface area contributed by atoms with Crippen LogP contribution in [0, 0.1) is 6.92 Å². The Morgan fingerprint density at radius 3 is 2.35 bits per heavy atom. The number of hydrogen-bond donors (Lipinski definition) is 0. The monoisotopic (exact) mass is 361 g/mol. The van der Waals surface area contributed by atoms with E-state index in [1.807, 2.05) is 55.5 Å². The number of para-hydroxylation sites is 2. The lowest BCUT2D eigenvalue weighted by Crippen LogP contribution is -2.27. The molecule has 0 saturated carbocycles. The lowest BCUT2D eigenvalue weighted by Gasteiger charge is -2.19. The Hall–Kier alpha value is -2.99. The van der Waals surface area contributed by atoms with E-state index in [2.05, 4.69) is 9.97 Å². The molecule has 0 atom stereocenters. The van der Waals surface area contributed by atoms with Crippen molar-refractivity contribution in [3.05, 3.63) is 72.1 Å². The molecule has 0 radical (unpaired) electrons. The first-order valence-corrected chi connectivity index (χ1v) is 9.76. The molecule has 26 heavy (non-hydrogen) atoms. The van der Waals surface area contributed by atoms with Crippen molar-refractivity contribution in [2.75, 3.05) is 4.31 Å². The van der Waals surface area contributed by atoms with Crippen LogP contribution in [0.2, 0.25) is 0 Å². The fourth-order valence-corrected chi connectivity index (χ4v) is 5.21. The summed E-state index contributed by atoms with van der Waals surface area (Å²) >= 11 is 0. The van der Waals surface area contributed by atoms with Crippen LogP contribution in [-0.4, -0.2) is 18.4 Å². The van der Waals surface area contributed by atoms with Crippen LogP contribution < -0.4 is 4.31 Å². The smallest absolute Gasteiger partial charge is 0.260 e. The van der Waals surface area contributed by atoms with E-state index in [0.717, 1.165) is 27.5 Å². The maximum absolute atomic E-state index is 13.1. The average Bonchev–Trinajstić information content (AvgIpc) is 2.86. The Kier molecular flexibility index (Phi) is 3.09. The van der Waals surface area contributed by atoms with E-state index in [4.69, 9.17) is 0 Å². The van der Waals surface area contributed by atoms with Gasteiger partial charge in [-0.25, -0.2) is 18.4 Å². The summed E-state index contributed by atoms with van der Waals surface area (Å²) in [5.74, 6) is 0. The summed E-state index contributed by atoms with van der Waals surface area (Å²) in [5, 5.41) is 1.70. The Morgan fingerprint density at radius 1 is 0.885 bits per heavy atom. The SMILES string of the molecule is Cc1nc2ccccc2nc1CN1c2cccc3cccc(c23)S1(=O)=O. The van der Waals surface area contributed by atoms with Crippen LogP contribution in [0.15, 0.2) is 65.6 Å². The minimum Gasteiger partial charge on any atom is -0.260 e. The van der Waals surface area contributed by atoms with Crippen molar-refractivity contribution < 1.29 is 8.42 Å². The molecule has 0 unspecified atom stereocenters. The topological polar surface area (TPSA) is 63.2 Å². The number of fused-ring (bicyclic) bond motifs is 1. The van der Waals surface area contributed by atoms with Gasteiger partial charge >= 0.3 is 0 Å². The van der Waals surface area contributed by atoms with Crippen molar-refractivity contribution in [3.63, 3.8) is 0 Å². The lowest BCUT2D eigenvalue weighted by atomic mass is 10.1. The number of aryl methyl sites for hydroxylation is 1. The number of rotatable bonds is 2. The van der Waals surface area contributed by atoms with E-state index >= 15 is 0 Å². The number of nitrogens with zero attached hydrogens (tertiary/aromatic N) is 3. The molecule has 0 aliphatic carbocycles. The summed E-state index contributed by atoms with van der Waals surface area (Å²) in [4.78, 5) is 9.60. The highest BCUT2D eigenvalue weighted by molar-refractivity contribution is 7.93. The van der Waals surface area contributed by atoms with Crippen LogP contribution >= 0.6 is 0 Å². The number of anilines is 1. The fourth-order valence-electron chi connectivity index (χ4n) is 3.54. The lowest BCUT2D eigenvalue weighted by molar-refractivity contribution is 0.593. The number of hydrogen-bond acceptors (Lipinski definition) is 4. The number of aromatic nitrogens is 2. The molecule has 0 fully saturated rings. The van der Waals surface area contributed by atoms with Gasteiger partial charge in [0.1, 0.15) is 0 Å². The zero-order valence-corrected chi connectivity index (χ0v) is 14.9. The van der Waals surface area contributed by atoms with E-state index in [0.29, 0.717) is 16.3 Å². The molecule has 5 rings (SSSR count). The number of benzene rings is 3. The molecule has 0 bridgehead atoms. The second kappa shape index (κ2) is 5.25. The molecule has 0 N–H and O–H groups in total. The Balaban J connectivity index is 1.69. The summed E-state index contributed by atoms with van der Waals surface area (Å²) in [6.07, 6.45) is 0. The van der Waals surface area contributed by atoms with Gasteiger partial charge in [0.05, 0.1) is 39.5 Å². The van der Waals surface area contributed by atoms with Crippen molar-refractivity contribution in [2.24, 2.45) is 0 Å². The van der Waals surface area contributed by atoms with Crippen molar-refractivity contribution in [2.45, 2.75) is 18.4 Å². The Labute approximate surface area is 151 Å². The second-order valence-electron chi connectivity index (χ2n) is 6.39. The van der Waals surface area contributed by atoms with E-state index in [1.54, 1.807) is 12.1 Å². The molecule has 1 aromatic heterocycles. The zero-order chi connectivity index (χ0) is 17.9. The van der Waals surface area contributed by atoms with Crippen LogP contribution in [0.3, 0.4) is 0 Å². The van der Waals surface area contributed by atoms with Gasteiger partial charge in [0.25, 0.3) is 10.0 Å². The molecular weight excluding hydrogens is 346 g/mol. The standard InChI is InChI=1S/C20H15N3O2S/c1-13-17(22-16-9-3-2-8-15(16)21-13)12-23-18-10-4-6-14-7-5-11-19(20(14)18)26(23,24)25/h2-11H,12H2,1H3. The highest BCUT2D eigenvalue weighted by Gasteiger charge is 2.36. The summed E-state index contributed by atoms with van der Waals surface area (Å²) in [6, 6.07) is 18.7. The fraction of sp³-hybridized carbons (Fsp3) is 0.100. The van der Waals surface area contributed by atoms with Gasteiger partial charge in [-0.15, -0.1) is 0 Å². The van der Waals surface area contributed by atoms with Crippen LogP contribution in [0.5, 0.6) is 0 Å². The molecule has 128 valence electrons. The molecule has 1 aliphatic rings. The molecule has 2 heterocycles. The predicted octanol–water partition coefficient (Wildman–Crippen LogP) is 3.80. The normalized spacial score (nSPS) is 15.0.